The van der Waals surface area contributed by atoms with E-state index < -0.39 is 59.7 Å². The number of hydrogen-bond acceptors (Lipinski definition) is 7. The van der Waals surface area contributed by atoms with E-state index in [1.807, 2.05) is 12.1 Å². The summed E-state index contributed by atoms with van der Waals surface area (Å²) < 4.78 is 5.24. The monoisotopic (exact) mass is 562 g/mol. The topological polar surface area (TPSA) is 183 Å². The number of aromatic hydroxyl groups is 1. The molecule has 4 amide bonds. The zero-order chi connectivity index (χ0) is 29.8. The van der Waals surface area contributed by atoms with Gasteiger partial charge < -0.3 is 36.2 Å². The second-order valence-electron chi connectivity index (χ2n) is 8.98. The van der Waals surface area contributed by atoms with Gasteiger partial charge in [0.25, 0.3) is 0 Å². The van der Waals surface area contributed by atoms with Crippen LogP contribution >= 0.6 is 0 Å². The maximum atomic E-state index is 13.1. The molecule has 0 radical (unpaired) electrons. The first-order valence-corrected chi connectivity index (χ1v) is 12.6. The number of ether oxygens (including phenoxy) is 1. The fourth-order valence-corrected chi connectivity index (χ4v) is 3.66. The van der Waals surface area contributed by atoms with Crippen LogP contribution in [0.1, 0.15) is 28.4 Å². The Labute approximate surface area is 235 Å². The number of alkyl carbamates (subject to hydrolysis) is 1. The molecule has 3 aromatic rings. The molecule has 0 aliphatic rings. The highest BCUT2D eigenvalue weighted by atomic mass is 16.5. The van der Waals surface area contributed by atoms with Gasteiger partial charge >= 0.3 is 12.1 Å². The predicted molar refractivity (Wildman–Crippen MR) is 148 cm³/mol. The number of amides is 4. The van der Waals surface area contributed by atoms with Gasteiger partial charge in [-0.25, -0.2) is 9.59 Å². The van der Waals surface area contributed by atoms with Crippen molar-refractivity contribution in [2.45, 2.75) is 32.0 Å². The number of carboxylic acids is 1. The third-order valence-electron chi connectivity index (χ3n) is 5.79. The van der Waals surface area contributed by atoms with Crippen LogP contribution in [0.5, 0.6) is 5.75 Å². The Morgan fingerprint density at radius 3 is 2.10 bits per heavy atom. The minimum absolute atomic E-state index is 0.00891. The summed E-state index contributed by atoms with van der Waals surface area (Å²) in [6, 6.07) is 19.4. The lowest BCUT2D eigenvalue weighted by atomic mass is 10.1. The Bertz CT molecular complexity index is 1380. The number of anilines is 1. The van der Waals surface area contributed by atoms with E-state index in [0.29, 0.717) is 0 Å². The highest BCUT2D eigenvalue weighted by Gasteiger charge is 2.25. The minimum Gasteiger partial charge on any atom is -0.507 e. The summed E-state index contributed by atoms with van der Waals surface area (Å²) in [6.45, 7) is 0.951. The van der Waals surface area contributed by atoms with E-state index in [4.69, 9.17) is 9.84 Å². The van der Waals surface area contributed by atoms with Gasteiger partial charge in [-0.1, -0.05) is 60.7 Å². The van der Waals surface area contributed by atoms with Crippen LogP contribution in [0.2, 0.25) is 0 Å². The maximum Gasteiger partial charge on any atom is 0.408 e. The summed E-state index contributed by atoms with van der Waals surface area (Å²) in [4.78, 5) is 61.5. The fourth-order valence-electron chi connectivity index (χ4n) is 3.66. The van der Waals surface area contributed by atoms with Crippen LogP contribution in [0.4, 0.5) is 10.5 Å². The van der Waals surface area contributed by atoms with E-state index in [1.54, 1.807) is 48.5 Å². The number of carbonyl (C=O) groups excluding carboxylic acids is 4. The molecular weight excluding hydrogens is 532 g/mol. The summed E-state index contributed by atoms with van der Waals surface area (Å²) in [5.74, 6) is -3.80. The molecule has 0 fully saturated rings. The average Bonchev–Trinajstić information content (AvgIpc) is 2.96. The van der Waals surface area contributed by atoms with E-state index in [2.05, 4.69) is 21.3 Å². The van der Waals surface area contributed by atoms with E-state index in [0.717, 1.165) is 23.3 Å². The van der Waals surface area contributed by atoms with Gasteiger partial charge in [-0.05, 0) is 36.2 Å². The number of hydrogen-bond donors (Lipinski definition) is 6. The van der Waals surface area contributed by atoms with Crippen molar-refractivity contribution < 1.29 is 38.9 Å². The van der Waals surface area contributed by atoms with Crippen molar-refractivity contribution >= 4 is 35.5 Å². The van der Waals surface area contributed by atoms with Crippen molar-refractivity contribution in [3.05, 3.63) is 95.6 Å². The molecule has 3 aromatic carbocycles. The second-order valence-corrected chi connectivity index (χ2v) is 8.98. The van der Waals surface area contributed by atoms with Crippen molar-refractivity contribution in [2.24, 2.45) is 0 Å². The first kappa shape index (κ1) is 30.2. The zero-order valence-corrected chi connectivity index (χ0v) is 22.1. The standard InChI is InChI=1S/C29H30N4O8/c1-18(26(36)30-16-25(35)32-21-12-13-24(34)22(15-21)28(38)39)31-27(37)23(14-19-8-4-2-5-9-19)33-29(40)41-17-20-10-6-3-7-11-20/h2-13,15,18,23,34H,14,16-17H2,1H3,(H,30,36)(H,31,37)(H,32,35)(H,33,40)(H,38,39)/t18-,23-/m0/s1. The number of benzene rings is 3. The smallest absolute Gasteiger partial charge is 0.408 e. The highest BCUT2D eigenvalue weighted by Crippen LogP contribution is 2.21. The number of rotatable bonds is 12. The molecule has 3 rings (SSSR count). The molecule has 0 unspecified atom stereocenters. The Morgan fingerprint density at radius 1 is 0.829 bits per heavy atom. The van der Waals surface area contributed by atoms with Crippen molar-refractivity contribution in [1.29, 1.82) is 0 Å². The third kappa shape index (κ3) is 9.70. The van der Waals surface area contributed by atoms with E-state index >= 15 is 0 Å². The molecule has 0 saturated heterocycles. The summed E-state index contributed by atoms with van der Waals surface area (Å²) in [6.07, 6.45) is -0.673. The molecule has 0 bridgehead atoms. The molecule has 0 heterocycles. The number of aromatic carboxylic acids is 1. The Kier molecular flexibility index (Phi) is 10.8. The van der Waals surface area contributed by atoms with Crippen LogP contribution in [0.3, 0.4) is 0 Å². The van der Waals surface area contributed by atoms with Gasteiger partial charge in [-0.3, -0.25) is 14.4 Å². The molecule has 0 saturated carbocycles. The van der Waals surface area contributed by atoms with Crippen molar-refractivity contribution in [1.82, 2.24) is 16.0 Å². The summed E-state index contributed by atoms with van der Waals surface area (Å²) in [5, 5.41) is 28.5. The van der Waals surface area contributed by atoms with Crippen LogP contribution in [-0.4, -0.2) is 58.6 Å². The Balaban J connectivity index is 1.54. The van der Waals surface area contributed by atoms with Crippen molar-refractivity contribution in [3.8, 4) is 5.75 Å². The van der Waals surface area contributed by atoms with Gasteiger partial charge in [0, 0.05) is 12.1 Å². The summed E-state index contributed by atoms with van der Waals surface area (Å²) in [7, 11) is 0. The quantitative estimate of drug-likeness (QED) is 0.182. The number of carboxylic acid groups (broad SMARTS) is 1. The first-order valence-electron chi connectivity index (χ1n) is 12.6. The van der Waals surface area contributed by atoms with Gasteiger partial charge in [-0.15, -0.1) is 0 Å². The first-order chi connectivity index (χ1) is 19.6. The molecule has 41 heavy (non-hydrogen) atoms. The molecular formula is C29H30N4O8. The molecule has 2 atom stereocenters. The lowest BCUT2D eigenvalue weighted by molar-refractivity contribution is -0.130. The minimum atomic E-state index is -1.37. The largest absolute Gasteiger partial charge is 0.507 e. The maximum absolute atomic E-state index is 13.1. The third-order valence-corrected chi connectivity index (χ3v) is 5.79. The van der Waals surface area contributed by atoms with Gasteiger partial charge in [0.05, 0.1) is 6.54 Å². The van der Waals surface area contributed by atoms with E-state index in [1.165, 1.54) is 13.0 Å². The van der Waals surface area contributed by atoms with Gasteiger partial charge in [0.1, 0.15) is 30.0 Å². The second kappa shape index (κ2) is 14.7. The highest BCUT2D eigenvalue weighted by molar-refractivity contribution is 5.98. The Hall–Kier alpha value is -5.39. The fraction of sp³-hybridized carbons (Fsp3) is 0.207. The van der Waals surface area contributed by atoms with E-state index in [9.17, 15) is 29.1 Å². The van der Waals surface area contributed by atoms with Crippen LogP contribution < -0.4 is 21.3 Å². The number of carbonyl (C=O) groups is 5. The SMILES string of the molecule is C[C@H](NC(=O)[C@H](Cc1ccccc1)NC(=O)OCc1ccccc1)C(=O)NCC(=O)Nc1ccc(O)c(C(=O)O)c1. The van der Waals surface area contributed by atoms with Gasteiger partial charge in [-0.2, -0.15) is 0 Å². The molecule has 12 nitrogen and oxygen atoms in total. The summed E-state index contributed by atoms with van der Waals surface area (Å²) >= 11 is 0. The molecule has 0 aromatic heterocycles. The van der Waals surface area contributed by atoms with Gasteiger partial charge in [0.15, 0.2) is 0 Å². The average molecular weight is 563 g/mol. The van der Waals surface area contributed by atoms with Gasteiger partial charge in [0.2, 0.25) is 17.7 Å². The van der Waals surface area contributed by atoms with Crippen LogP contribution in [0.25, 0.3) is 0 Å². The van der Waals surface area contributed by atoms with Crippen molar-refractivity contribution in [3.63, 3.8) is 0 Å². The number of nitrogens with one attached hydrogen (secondary N) is 4. The zero-order valence-electron chi connectivity index (χ0n) is 22.1. The van der Waals surface area contributed by atoms with Crippen molar-refractivity contribution in [2.75, 3.05) is 11.9 Å². The molecule has 0 aliphatic carbocycles. The molecule has 214 valence electrons. The lowest BCUT2D eigenvalue weighted by Gasteiger charge is -2.21. The van der Waals surface area contributed by atoms with Crippen LogP contribution in [0, 0.1) is 0 Å². The molecule has 12 heteroatoms. The summed E-state index contributed by atoms with van der Waals surface area (Å²) in [5.41, 5.74) is 1.25. The molecule has 6 N–H and O–H groups in total. The Morgan fingerprint density at radius 2 is 1.46 bits per heavy atom. The van der Waals surface area contributed by atoms with E-state index in [-0.39, 0.29) is 18.7 Å². The lowest BCUT2D eigenvalue weighted by Crippen LogP contribution is -2.54. The predicted octanol–water partition coefficient (Wildman–Crippen LogP) is 2.19. The number of phenols is 1. The molecule has 0 aliphatic heterocycles. The normalized spacial score (nSPS) is 11.8. The van der Waals surface area contributed by atoms with Crippen LogP contribution in [0.15, 0.2) is 78.9 Å². The van der Waals surface area contributed by atoms with Crippen LogP contribution in [-0.2, 0) is 32.1 Å². The molecule has 0 spiro atoms.